The number of halogens is 2. The second-order valence-electron chi connectivity index (χ2n) is 5.88. The van der Waals surface area contributed by atoms with Crippen LogP contribution in [0.5, 0.6) is 0 Å². The summed E-state index contributed by atoms with van der Waals surface area (Å²) in [6, 6.07) is 9.18. The molecule has 6 nitrogen and oxygen atoms in total. The fourth-order valence-electron chi connectivity index (χ4n) is 2.41. The minimum atomic E-state index is -3.55. The predicted octanol–water partition coefficient (Wildman–Crippen LogP) is 3.54. The van der Waals surface area contributed by atoms with E-state index < -0.39 is 15.9 Å². The summed E-state index contributed by atoms with van der Waals surface area (Å²) >= 11 is 13.6. The molecule has 3 rings (SSSR count). The summed E-state index contributed by atoms with van der Waals surface area (Å²) in [4.78, 5) is 17.2. The highest BCUT2D eigenvalue weighted by molar-refractivity contribution is 7.89. The lowest BCUT2D eigenvalue weighted by atomic mass is 10.2. The average molecular weight is 444 g/mol. The van der Waals surface area contributed by atoms with Crippen LogP contribution in [0.2, 0.25) is 10.0 Å². The zero-order valence-corrected chi connectivity index (χ0v) is 17.7. The van der Waals surface area contributed by atoms with Crippen LogP contribution in [0, 0.1) is 0 Å². The lowest BCUT2D eigenvalue weighted by Gasteiger charge is -2.11. The summed E-state index contributed by atoms with van der Waals surface area (Å²) in [5, 5.41) is 0.827. The van der Waals surface area contributed by atoms with Gasteiger partial charge in [0.05, 0.1) is 25.2 Å². The molecule has 0 N–H and O–H groups in total. The highest BCUT2D eigenvalue weighted by atomic mass is 35.5. The molecule has 1 aromatic heterocycles. The summed E-state index contributed by atoms with van der Waals surface area (Å²) < 4.78 is 27.9. The molecule has 0 aliphatic heterocycles. The van der Waals surface area contributed by atoms with Crippen LogP contribution in [0.15, 0.2) is 46.3 Å². The van der Waals surface area contributed by atoms with E-state index in [-0.39, 0.29) is 10.5 Å². The van der Waals surface area contributed by atoms with Crippen LogP contribution < -0.4 is 4.80 Å². The average Bonchev–Trinajstić information content (AvgIpc) is 2.94. The van der Waals surface area contributed by atoms with Gasteiger partial charge in [-0.2, -0.15) is 4.99 Å². The van der Waals surface area contributed by atoms with Crippen LogP contribution >= 0.6 is 34.5 Å². The van der Waals surface area contributed by atoms with Gasteiger partial charge in [-0.05, 0) is 36.4 Å². The molecule has 10 heteroatoms. The van der Waals surface area contributed by atoms with E-state index in [1.54, 1.807) is 17.7 Å². The fourth-order valence-corrected chi connectivity index (χ4v) is 4.84. The Labute approximate surface area is 170 Å². The summed E-state index contributed by atoms with van der Waals surface area (Å²) in [5.41, 5.74) is 0.988. The van der Waals surface area contributed by atoms with Crippen LogP contribution in [0.4, 0.5) is 0 Å². The monoisotopic (exact) mass is 443 g/mol. The molecular formula is C17H15Cl2N3O3S2. The number of benzene rings is 2. The first-order valence-corrected chi connectivity index (χ1v) is 10.7. The van der Waals surface area contributed by atoms with Crippen molar-refractivity contribution in [1.82, 2.24) is 8.87 Å². The molecule has 0 bridgehead atoms. The molecular weight excluding hydrogens is 429 g/mol. The van der Waals surface area contributed by atoms with Crippen molar-refractivity contribution in [3.63, 3.8) is 0 Å². The number of amides is 1. The van der Waals surface area contributed by atoms with Gasteiger partial charge in [0.2, 0.25) is 10.0 Å². The van der Waals surface area contributed by atoms with Gasteiger partial charge in [0, 0.05) is 26.7 Å². The second kappa shape index (κ2) is 7.37. The molecule has 2 aromatic carbocycles. The van der Waals surface area contributed by atoms with Crippen molar-refractivity contribution in [1.29, 1.82) is 0 Å². The van der Waals surface area contributed by atoms with Crippen molar-refractivity contribution in [2.24, 2.45) is 12.0 Å². The minimum absolute atomic E-state index is 0.109. The molecule has 0 fully saturated rings. The van der Waals surface area contributed by atoms with E-state index in [2.05, 4.69) is 4.99 Å². The first-order chi connectivity index (χ1) is 12.6. The lowest BCUT2D eigenvalue weighted by Crippen LogP contribution is -2.22. The number of aromatic nitrogens is 1. The van der Waals surface area contributed by atoms with E-state index in [0.29, 0.717) is 20.4 Å². The van der Waals surface area contributed by atoms with E-state index in [1.807, 2.05) is 6.07 Å². The van der Waals surface area contributed by atoms with E-state index in [9.17, 15) is 13.2 Å². The van der Waals surface area contributed by atoms with Gasteiger partial charge < -0.3 is 4.57 Å². The zero-order chi connectivity index (χ0) is 19.9. The van der Waals surface area contributed by atoms with Crippen molar-refractivity contribution in [3.8, 4) is 0 Å². The molecule has 0 spiro atoms. The summed E-state index contributed by atoms with van der Waals surface area (Å²) in [6.45, 7) is 0. The summed E-state index contributed by atoms with van der Waals surface area (Å²) in [7, 11) is 1.09. The van der Waals surface area contributed by atoms with Crippen LogP contribution in [-0.2, 0) is 17.1 Å². The lowest BCUT2D eigenvalue weighted by molar-refractivity contribution is 0.0998. The molecule has 0 radical (unpaired) electrons. The third kappa shape index (κ3) is 3.68. The van der Waals surface area contributed by atoms with Gasteiger partial charge in [0.25, 0.3) is 5.91 Å². The molecule has 3 aromatic rings. The van der Waals surface area contributed by atoms with Gasteiger partial charge in [0.15, 0.2) is 4.80 Å². The topological polar surface area (TPSA) is 71.7 Å². The first-order valence-electron chi connectivity index (χ1n) is 7.68. The molecule has 0 atom stereocenters. The Hall–Kier alpha value is -1.71. The molecule has 0 aliphatic carbocycles. The predicted molar refractivity (Wildman–Crippen MR) is 108 cm³/mol. The van der Waals surface area contributed by atoms with Crippen molar-refractivity contribution in [2.45, 2.75) is 4.90 Å². The van der Waals surface area contributed by atoms with Gasteiger partial charge in [-0.25, -0.2) is 12.7 Å². The number of fused-ring (bicyclic) bond motifs is 1. The molecule has 0 aliphatic rings. The van der Waals surface area contributed by atoms with Crippen LogP contribution in [0.1, 0.15) is 10.4 Å². The number of sulfonamides is 1. The second-order valence-corrected chi connectivity index (χ2v) is 9.83. The number of rotatable bonds is 3. The summed E-state index contributed by atoms with van der Waals surface area (Å²) in [5.74, 6) is -0.479. The number of carbonyl (C=O) groups excluding carboxylic acids is 1. The first kappa shape index (κ1) is 20.0. The number of hydrogen-bond acceptors (Lipinski definition) is 4. The van der Waals surface area contributed by atoms with Gasteiger partial charge in [0.1, 0.15) is 0 Å². The Morgan fingerprint density at radius 3 is 2.33 bits per heavy atom. The van der Waals surface area contributed by atoms with Gasteiger partial charge >= 0.3 is 0 Å². The Morgan fingerprint density at radius 1 is 1.11 bits per heavy atom. The van der Waals surface area contributed by atoms with Crippen LogP contribution in [0.25, 0.3) is 10.2 Å². The fraction of sp³-hybridized carbons (Fsp3) is 0.176. The van der Waals surface area contributed by atoms with Gasteiger partial charge in [-0.15, -0.1) is 0 Å². The van der Waals surface area contributed by atoms with Crippen molar-refractivity contribution in [2.75, 3.05) is 14.1 Å². The number of carbonyl (C=O) groups is 1. The highest BCUT2D eigenvalue weighted by Gasteiger charge is 2.17. The normalized spacial score (nSPS) is 12.9. The molecule has 142 valence electrons. The van der Waals surface area contributed by atoms with E-state index in [1.165, 1.54) is 49.7 Å². The van der Waals surface area contributed by atoms with Crippen molar-refractivity contribution in [3.05, 3.63) is 56.8 Å². The molecule has 1 heterocycles. The quantitative estimate of drug-likeness (QED) is 0.621. The molecule has 1 amide bonds. The third-order valence-corrected chi connectivity index (χ3v) is 7.65. The molecule has 27 heavy (non-hydrogen) atoms. The standard InChI is InChI=1S/C17H15Cl2N3O3S2/c1-21(2)27(24,25)11-6-4-10(5-7-11)16(23)20-17-22(3)15-13(26-17)9-8-12(18)14(15)19/h4-9H,1-3H3. The van der Waals surface area contributed by atoms with E-state index in [0.717, 1.165) is 9.01 Å². The Balaban J connectivity index is 2.02. The number of thiazole rings is 1. The highest BCUT2D eigenvalue weighted by Crippen LogP contribution is 2.31. The Kier molecular flexibility index (Phi) is 5.47. The largest absolute Gasteiger partial charge is 0.318 e. The zero-order valence-electron chi connectivity index (χ0n) is 14.6. The maximum atomic E-state index is 12.5. The molecule has 0 saturated carbocycles. The number of aryl methyl sites for hydroxylation is 1. The van der Waals surface area contributed by atoms with Crippen molar-refractivity contribution >= 4 is 60.7 Å². The maximum absolute atomic E-state index is 12.5. The van der Waals surface area contributed by atoms with Gasteiger partial charge in [-0.3, -0.25) is 4.79 Å². The molecule has 0 unspecified atom stereocenters. The Bertz CT molecular complexity index is 1210. The summed E-state index contributed by atoms with van der Waals surface area (Å²) in [6.07, 6.45) is 0. The van der Waals surface area contributed by atoms with Crippen LogP contribution in [-0.4, -0.2) is 37.3 Å². The number of nitrogens with zero attached hydrogens (tertiary/aromatic N) is 3. The third-order valence-electron chi connectivity index (χ3n) is 3.93. The SMILES string of the molecule is CN(C)S(=O)(=O)c1ccc(C(=O)N=c2sc3ccc(Cl)c(Cl)c3n2C)cc1. The Morgan fingerprint density at radius 2 is 1.74 bits per heavy atom. The minimum Gasteiger partial charge on any atom is -0.318 e. The van der Waals surface area contributed by atoms with E-state index in [4.69, 9.17) is 23.2 Å². The number of hydrogen-bond donors (Lipinski definition) is 0. The van der Waals surface area contributed by atoms with Gasteiger partial charge in [-0.1, -0.05) is 34.5 Å². The van der Waals surface area contributed by atoms with Crippen LogP contribution in [0.3, 0.4) is 0 Å². The van der Waals surface area contributed by atoms with Crippen molar-refractivity contribution < 1.29 is 13.2 Å². The maximum Gasteiger partial charge on any atom is 0.279 e. The smallest absolute Gasteiger partial charge is 0.279 e. The van der Waals surface area contributed by atoms with E-state index >= 15 is 0 Å². The molecule has 0 saturated heterocycles.